The normalized spacial score (nSPS) is 22.5. The van der Waals surface area contributed by atoms with Gasteiger partial charge in [-0.3, -0.25) is 9.89 Å². The van der Waals surface area contributed by atoms with Crippen LogP contribution in [0, 0.1) is 5.92 Å². The Labute approximate surface area is 144 Å². The van der Waals surface area contributed by atoms with E-state index in [1.807, 2.05) is 18.4 Å². The van der Waals surface area contributed by atoms with E-state index in [9.17, 15) is 0 Å². The topological polar surface area (TPSA) is 30.9 Å². The molecule has 2 saturated heterocycles. The van der Waals surface area contributed by atoms with Gasteiger partial charge in [0, 0.05) is 31.6 Å². The second kappa shape index (κ2) is 8.15. The third kappa shape index (κ3) is 4.27. The number of aliphatic imine (C=N–C) groups is 1. The minimum atomic E-state index is 0.484. The first-order valence-corrected chi connectivity index (χ1v) is 9.89. The average molecular weight is 335 g/mol. The highest BCUT2D eigenvalue weighted by Crippen LogP contribution is 2.28. The fourth-order valence-electron chi connectivity index (χ4n) is 3.68. The number of likely N-dealkylation sites (tertiary alicyclic amines) is 2. The van der Waals surface area contributed by atoms with Crippen molar-refractivity contribution in [2.45, 2.75) is 38.6 Å². The first kappa shape index (κ1) is 16.8. The van der Waals surface area contributed by atoms with Crippen LogP contribution in [-0.4, -0.2) is 55.5 Å². The number of nitrogens with one attached hydrogen (secondary N) is 1. The van der Waals surface area contributed by atoms with Gasteiger partial charge in [0.2, 0.25) is 0 Å². The Kier molecular flexibility index (Phi) is 5.95. The SMILES string of the molecule is CN=C(NCC(c1cccs1)N1CCCC1)N1CCC(C)CC1. The zero-order valence-corrected chi connectivity index (χ0v) is 15.3. The van der Waals surface area contributed by atoms with E-state index in [4.69, 9.17) is 0 Å². The van der Waals surface area contributed by atoms with E-state index < -0.39 is 0 Å². The highest BCUT2D eigenvalue weighted by atomic mass is 32.1. The zero-order valence-electron chi connectivity index (χ0n) is 14.5. The van der Waals surface area contributed by atoms with Crippen molar-refractivity contribution in [3.63, 3.8) is 0 Å². The molecule has 128 valence electrons. The fourth-order valence-corrected chi connectivity index (χ4v) is 4.55. The van der Waals surface area contributed by atoms with Gasteiger partial charge in [0.15, 0.2) is 5.96 Å². The fraction of sp³-hybridized carbons (Fsp3) is 0.722. The molecule has 1 aromatic heterocycles. The molecule has 1 aromatic rings. The predicted octanol–water partition coefficient (Wildman–Crippen LogP) is 3.19. The molecule has 0 aromatic carbocycles. The minimum Gasteiger partial charge on any atom is -0.354 e. The molecule has 4 nitrogen and oxygen atoms in total. The molecule has 3 rings (SSSR count). The zero-order chi connectivity index (χ0) is 16.1. The van der Waals surface area contributed by atoms with Gasteiger partial charge in [-0.15, -0.1) is 11.3 Å². The molecule has 1 N–H and O–H groups in total. The Morgan fingerprint density at radius 3 is 2.65 bits per heavy atom. The molecule has 5 heteroatoms. The quantitative estimate of drug-likeness (QED) is 0.678. The first-order chi connectivity index (χ1) is 11.3. The van der Waals surface area contributed by atoms with Crippen molar-refractivity contribution in [2.75, 3.05) is 39.8 Å². The van der Waals surface area contributed by atoms with Crippen molar-refractivity contribution in [3.05, 3.63) is 22.4 Å². The highest BCUT2D eigenvalue weighted by molar-refractivity contribution is 7.10. The lowest BCUT2D eigenvalue weighted by atomic mass is 9.99. The molecule has 0 saturated carbocycles. The average Bonchev–Trinajstić information content (AvgIpc) is 3.27. The van der Waals surface area contributed by atoms with Gasteiger partial charge in [-0.1, -0.05) is 13.0 Å². The smallest absolute Gasteiger partial charge is 0.193 e. The van der Waals surface area contributed by atoms with Crippen molar-refractivity contribution in [3.8, 4) is 0 Å². The first-order valence-electron chi connectivity index (χ1n) is 9.01. The summed E-state index contributed by atoms with van der Waals surface area (Å²) in [6.45, 7) is 8.03. The van der Waals surface area contributed by atoms with E-state index in [2.05, 4.69) is 44.5 Å². The maximum Gasteiger partial charge on any atom is 0.193 e. The largest absolute Gasteiger partial charge is 0.354 e. The van der Waals surface area contributed by atoms with E-state index in [1.165, 1.54) is 43.6 Å². The van der Waals surface area contributed by atoms with Crippen LogP contribution in [0.5, 0.6) is 0 Å². The molecule has 0 radical (unpaired) electrons. The molecular weight excluding hydrogens is 304 g/mol. The summed E-state index contributed by atoms with van der Waals surface area (Å²) in [7, 11) is 1.91. The summed E-state index contributed by atoms with van der Waals surface area (Å²) < 4.78 is 0. The van der Waals surface area contributed by atoms with Crippen LogP contribution in [0.3, 0.4) is 0 Å². The summed E-state index contributed by atoms with van der Waals surface area (Å²) >= 11 is 1.88. The van der Waals surface area contributed by atoms with Crippen LogP contribution in [0.4, 0.5) is 0 Å². The summed E-state index contributed by atoms with van der Waals surface area (Å²) in [5.41, 5.74) is 0. The molecule has 2 aliphatic rings. The molecule has 2 fully saturated rings. The van der Waals surface area contributed by atoms with Gasteiger partial charge in [0.05, 0.1) is 6.04 Å². The second-order valence-electron chi connectivity index (χ2n) is 6.87. The van der Waals surface area contributed by atoms with Crippen LogP contribution in [0.1, 0.15) is 43.5 Å². The van der Waals surface area contributed by atoms with Gasteiger partial charge in [-0.05, 0) is 56.1 Å². The van der Waals surface area contributed by atoms with E-state index >= 15 is 0 Å². The van der Waals surface area contributed by atoms with Crippen molar-refractivity contribution in [1.29, 1.82) is 0 Å². The van der Waals surface area contributed by atoms with Crippen molar-refractivity contribution in [1.82, 2.24) is 15.1 Å². The minimum absolute atomic E-state index is 0.484. The maximum absolute atomic E-state index is 4.53. The Hall–Kier alpha value is -1.07. The van der Waals surface area contributed by atoms with Gasteiger partial charge in [0.1, 0.15) is 0 Å². The molecule has 2 aliphatic heterocycles. The molecular formula is C18H30N4S. The number of hydrogen-bond donors (Lipinski definition) is 1. The lowest BCUT2D eigenvalue weighted by Crippen LogP contribution is -2.47. The van der Waals surface area contributed by atoms with Gasteiger partial charge in [-0.25, -0.2) is 0 Å². The summed E-state index contributed by atoms with van der Waals surface area (Å²) in [6, 6.07) is 4.93. The third-order valence-electron chi connectivity index (χ3n) is 5.20. The van der Waals surface area contributed by atoms with Crippen LogP contribution in [0.25, 0.3) is 0 Å². The molecule has 0 aliphatic carbocycles. The van der Waals surface area contributed by atoms with Crippen LogP contribution in [-0.2, 0) is 0 Å². The van der Waals surface area contributed by atoms with Gasteiger partial charge >= 0.3 is 0 Å². The number of guanidine groups is 1. The van der Waals surface area contributed by atoms with E-state index in [-0.39, 0.29) is 0 Å². The van der Waals surface area contributed by atoms with Gasteiger partial charge < -0.3 is 10.2 Å². The number of piperidine rings is 1. The van der Waals surface area contributed by atoms with Crippen molar-refractivity contribution in [2.24, 2.45) is 10.9 Å². The monoisotopic (exact) mass is 334 g/mol. The molecule has 0 amide bonds. The number of hydrogen-bond acceptors (Lipinski definition) is 3. The van der Waals surface area contributed by atoms with Crippen LogP contribution in [0.15, 0.2) is 22.5 Å². The lowest BCUT2D eigenvalue weighted by molar-refractivity contribution is 0.240. The number of rotatable bonds is 4. The van der Waals surface area contributed by atoms with Gasteiger partial charge in [0.25, 0.3) is 0 Å². The number of thiophene rings is 1. The molecule has 1 unspecified atom stereocenters. The van der Waals surface area contributed by atoms with Crippen LogP contribution in [0.2, 0.25) is 0 Å². The molecule has 3 heterocycles. The third-order valence-corrected chi connectivity index (χ3v) is 6.18. The summed E-state index contributed by atoms with van der Waals surface area (Å²) in [6.07, 6.45) is 5.23. The highest BCUT2D eigenvalue weighted by Gasteiger charge is 2.25. The Balaban J connectivity index is 1.61. The van der Waals surface area contributed by atoms with Crippen LogP contribution >= 0.6 is 11.3 Å². The summed E-state index contributed by atoms with van der Waals surface area (Å²) in [5, 5.41) is 5.85. The lowest BCUT2D eigenvalue weighted by Gasteiger charge is -2.34. The predicted molar refractivity (Wildman–Crippen MR) is 99.2 cm³/mol. The molecule has 23 heavy (non-hydrogen) atoms. The Morgan fingerprint density at radius 1 is 1.30 bits per heavy atom. The van der Waals surface area contributed by atoms with E-state index in [0.29, 0.717) is 6.04 Å². The summed E-state index contributed by atoms with van der Waals surface area (Å²) in [5.74, 6) is 1.94. The standard InChI is InChI=1S/C18H30N4S/c1-15-7-11-22(12-8-15)18(19-2)20-14-16(17-6-5-13-23-17)21-9-3-4-10-21/h5-6,13,15-16H,3-4,7-12,14H2,1-2H3,(H,19,20). The van der Waals surface area contributed by atoms with Crippen molar-refractivity contribution < 1.29 is 0 Å². The second-order valence-corrected chi connectivity index (χ2v) is 7.85. The van der Waals surface area contributed by atoms with Crippen molar-refractivity contribution >= 4 is 17.3 Å². The van der Waals surface area contributed by atoms with Gasteiger partial charge in [-0.2, -0.15) is 0 Å². The van der Waals surface area contributed by atoms with Crippen LogP contribution < -0.4 is 5.32 Å². The Bertz CT molecular complexity index is 485. The van der Waals surface area contributed by atoms with E-state index in [0.717, 1.165) is 31.5 Å². The molecule has 0 bridgehead atoms. The number of nitrogens with zero attached hydrogens (tertiary/aromatic N) is 3. The van der Waals surface area contributed by atoms with E-state index in [1.54, 1.807) is 0 Å². The summed E-state index contributed by atoms with van der Waals surface area (Å²) in [4.78, 5) is 11.1. The Morgan fingerprint density at radius 2 is 2.04 bits per heavy atom. The molecule has 0 spiro atoms. The molecule has 1 atom stereocenters. The maximum atomic E-state index is 4.53.